The summed E-state index contributed by atoms with van der Waals surface area (Å²) in [6, 6.07) is 3.28. The number of rotatable bonds is 3. The molecule has 0 aliphatic carbocycles. The summed E-state index contributed by atoms with van der Waals surface area (Å²) in [6.45, 7) is 8.74. The van der Waals surface area contributed by atoms with Crippen molar-refractivity contribution in [3.05, 3.63) is 29.8 Å². The maximum Gasteiger partial charge on any atom is 0.410 e. The van der Waals surface area contributed by atoms with Gasteiger partial charge in [-0.1, -0.05) is 0 Å². The van der Waals surface area contributed by atoms with Crippen molar-refractivity contribution in [1.29, 1.82) is 0 Å². The first-order chi connectivity index (χ1) is 9.74. The SMILES string of the molecule is C[C@@H](NC1CN(C(=O)OC(C)(C)C)C1)c1ccc(F)cn1. The molecule has 1 aliphatic rings. The Labute approximate surface area is 124 Å². The van der Waals surface area contributed by atoms with Crippen LogP contribution in [0.25, 0.3) is 0 Å². The van der Waals surface area contributed by atoms with E-state index in [0.717, 1.165) is 5.69 Å². The van der Waals surface area contributed by atoms with Gasteiger partial charge in [-0.05, 0) is 39.8 Å². The minimum absolute atomic E-state index is 0.0105. The third-order valence-corrected chi connectivity index (χ3v) is 3.21. The molecular weight excluding hydrogens is 273 g/mol. The van der Waals surface area contributed by atoms with Gasteiger partial charge in [0.25, 0.3) is 0 Å². The van der Waals surface area contributed by atoms with Crippen molar-refractivity contribution in [3.8, 4) is 0 Å². The van der Waals surface area contributed by atoms with Crippen LogP contribution in [0.1, 0.15) is 39.4 Å². The van der Waals surface area contributed by atoms with E-state index in [9.17, 15) is 9.18 Å². The molecule has 6 heteroatoms. The summed E-state index contributed by atoms with van der Waals surface area (Å²) in [5.74, 6) is -0.342. The summed E-state index contributed by atoms with van der Waals surface area (Å²) in [7, 11) is 0. The molecule has 1 aromatic rings. The van der Waals surface area contributed by atoms with Crippen LogP contribution < -0.4 is 5.32 Å². The smallest absolute Gasteiger partial charge is 0.410 e. The van der Waals surface area contributed by atoms with Gasteiger partial charge in [-0.2, -0.15) is 0 Å². The van der Waals surface area contributed by atoms with E-state index >= 15 is 0 Å². The predicted molar refractivity (Wildman–Crippen MR) is 77.3 cm³/mol. The summed E-state index contributed by atoms with van der Waals surface area (Å²) in [5.41, 5.74) is 0.313. The van der Waals surface area contributed by atoms with E-state index in [1.807, 2.05) is 27.7 Å². The van der Waals surface area contributed by atoms with Crippen molar-refractivity contribution in [1.82, 2.24) is 15.2 Å². The number of aromatic nitrogens is 1. The predicted octanol–water partition coefficient (Wildman–Crippen LogP) is 2.49. The number of halogens is 1. The summed E-state index contributed by atoms with van der Waals surface area (Å²) < 4.78 is 18.1. The van der Waals surface area contributed by atoms with Gasteiger partial charge in [0.15, 0.2) is 0 Å². The van der Waals surface area contributed by atoms with E-state index in [0.29, 0.717) is 13.1 Å². The Morgan fingerprint density at radius 2 is 2.14 bits per heavy atom. The number of carbonyl (C=O) groups excluding carboxylic acids is 1. The number of amides is 1. The normalized spacial score (nSPS) is 17.3. The van der Waals surface area contributed by atoms with Gasteiger partial charge in [-0.15, -0.1) is 0 Å². The van der Waals surface area contributed by atoms with Gasteiger partial charge in [0.1, 0.15) is 11.4 Å². The van der Waals surface area contributed by atoms with Crippen LogP contribution in [0.15, 0.2) is 18.3 Å². The van der Waals surface area contributed by atoms with Crippen molar-refractivity contribution in [2.24, 2.45) is 0 Å². The quantitative estimate of drug-likeness (QED) is 0.931. The molecule has 1 amide bonds. The molecule has 5 nitrogen and oxygen atoms in total. The third kappa shape index (κ3) is 4.39. The largest absolute Gasteiger partial charge is 0.444 e. The summed E-state index contributed by atoms with van der Waals surface area (Å²) in [4.78, 5) is 17.5. The van der Waals surface area contributed by atoms with E-state index < -0.39 is 5.60 Å². The molecule has 1 fully saturated rings. The van der Waals surface area contributed by atoms with Gasteiger partial charge < -0.3 is 15.0 Å². The average molecular weight is 295 g/mol. The van der Waals surface area contributed by atoms with Crippen LogP contribution in [0.3, 0.4) is 0 Å². The van der Waals surface area contributed by atoms with Crippen LogP contribution in [0.4, 0.5) is 9.18 Å². The van der Waals surface area contributed by atoms with Crippen LogP contribution >= 0.6 is 0 Å². The molecule has 0 unspecified atom stereocenters. The van der Waals surface area contributed by atoms with Gasteiger partial charge in [0, 0.05) is 25.2 Å². The number of ether oxygens (including phenoxy) is 1. The topological polar surface area (TPSA) is 54.5 Å². The molecule has 1 aliphatic heterocycles. The molecule has 0 aromatic carbocycles. The van der Waals surface area contributed by atoms with Gasteiger partial charge in [-0.3, -0.25) is 4.98 Å². The molecular formula is C15H22FN3O2. The Morgan fingerprint density at radius 1 is 1.48 bits per heavy atom. The molecule has 21 heavy (non-hydrogen) atoms. The highest BCUT2D eigenvalue weighted by atomic mass is 19.1. The van der Waals surface area contributed by atoms with Crippen molar-refractivity contribution in [3.63, 3.8) is 0 Å². The Kier molecular flexibility index (Phi) is 4.46. The first kappa shape index (κ1) is 15.7. The molecule has 1 saturated heterocycles. The van der Waals surface area contributed by atoms with Crippen LogP contribution in [-0.4, -0.2) is 40.7 Å². The highest BCUT2D eigenvalue weighted by Crippen LogP contribution is 2.18. The summed E-state index contributed by atoms with van der Waals surface area (Å²) >= 11 is 0. The number of carbonyl (C=O) groups is 1. The van der Waals surface area contributed by atoms with Crippen molar-refractivity contribution >= 4 is 6.09 Å². The fourth-order valence-electron chi connectivity index (χ4n) is 2.14. The van der Waals surface area contributed by atoms with E-state index in [1.54, 1.807) is 11.0 Å². The van der Waals surface area contributed by atoms with Gasteiger partial charge in [0.2, 0.25) is 0 Å². The second-order valence-corrected chi connectivity index (χ2v) is 6.37. The maximum atomic E-state index is 12.8. The number of nitrogens with one attached hydrogen (secondary N) is 1. The molecule has 0 bridgehead atoms. The lowest BCUT2D eigenvalue weighted by molar-refractivity contribution is 0.00429. The second-order valence-electron chi connectivity index (χ2n) is 6.37. The number of hydrogen-bond acceptors (Lipinski definition) is 4. The Balaban J connectivity index is 1.77. The number of pyridine rings is 1. The van der Waals surface area contributed by atoms with Crippen molar-refractivity contribution < 1.29 is 13.9 Å². The Morgan fingerprint density at radius 3 is 2.67 bits per heavy atom. The highest BCUT2D eigenvalue weighted by molar-refractivity contribution is 5.69. The minimum Gasteiger partial charge on any atom is -0.444 e. The first-order valence-corrected chi connectivity index (χ1v) is 7.10. The van der Waals surface area contributed by atoms with Crippen molar-refractivity contribution in [2.75, 3.05) is 13.1 Å². The Hall–Kier alpha value is -1.69. The van der Waals surface area contributed by atoms with Gasteiger partial charge in [0.05, 0.1) is 11.9 Å². The molecule has 116 valence electrons. The van der Waals surface area contributed by atoms with Crippen LogP contribution in [0, 0.1) is 5.82 Å². The van der Waals surface area contributed by atoms with Crippen LogP contribution in [0.2, 0.25) is 0 Å². The van der Waals surface area contributed by atoms with Crippen LogP contribution in [0.5, 0.6) is 0 Å². The maximum absolute atomic E-state index is 12.8. The van der Waals surface area contributed by atoms with E-state index in [1.165, 1.54) is 12.3 Å². The van der Waals surface area contributed by atoms with Crippen LogP contribution in [-0.2, 0) is 4.74 Å². The fourth-order valence-corrected chi connectivity index (χ4v) is 2.14. The monoisotopic (exact) mass is 295 g/mol. The first-order valence-electron chi connectivity index (χ1n) is 7.10. The summed E-state index contributed by atoms with van der Waals surface area (Å²) in [6.07, 6.45) is 0.925. The fraction of sp³-hybridized carbons (Fsp3) is 0.600. The summed E-state index contributed by atoms with van der Waals surface area (Å²) in [5, 5.41) is 3.37. The average Bonchev–Trinajstić information content (AvgIpc) is 2.31. The zero-order valence-corrected chi connectivity index (χ0v) is 12.9. The number of likely N-dealkylation sites (tertiary alicyclic amines) is 1. The van der Waals surface area contributed by atoms with Gasteiger partial charge in [-0.25, -0.2) is 9.18 Å². The Bertz CT molecular complexity index is 493. The lowest BCUT2D eigenvalue weighted by atomic mass is 10.1. The standard InChI is InChI=1S/C15H22FN3O2/c1-10(13-6-5-11(16)7-17-13)18-12-8-19(9-12)14(20)21-15(2,3)4/h5-7,10,12,18H,8-9H2,1-4H3/t10-/m1/s1. The van der Waals surface area contributed by atoms with E-state index in [2.05, 4.69) is 10.3 Å². The lowest BCUT2D eigenvalue weighted by Gasteiger charge is -2.41. The molecule has 1 aromatic heterocycles. The molecule has 0 saturated carbocycles. The van der Waals surface area contributed by atoms with E-state index in [4.69, 9.17) is 4.74 Å². The molecule has 0 spiro atoms. The minimum atomic E-state index is -0.471. The third-order valence-electron chi connectivity index (χ3n) is 3.21. The zero-order chi connectivity index (χ0) is 15.6. The molecule has 2 rings (SSSR count). The second kappa shape index (κ2) is 5.97. The molecule has 1 N–H and O–H groups in total. The highest BCUT2D eigenvalue weighted by Gasteiger charge is 2.34. The molecule has 2 heterocycles. The van der Waals surface area contributed by atoms with Crippen molar-refractivity contribution in [2.45, 2.75) is 45.4 Å². The lowest BCUT2D eigenvalue weighted by Crippen LogP contribution is -2.60. The number of hydrogen-bond donors (Lipinski definition) is 1. The van der Waals surface area contributed by atoms with E-state index in [-0.39, 0.29) is 24.0 Å². The zero-order valence-electron chi connectivity index (χ0n) is 12.9. The molecule has 1 atom stereocenters. The van der Waals surface area contributed by atoms with Gasteiger partial charge >= 0.3 is 6.09 Å². The number of nitrogens with zero attached hydrogens (tertiary/aromatic N) is 2. The molecule has 0 radical (unpaired) electrons.